The number of amides is 1. The number of carbonyl (C=O) groups excluding carboxylic acids is 1. The normalized spacial score (nSPS) is 17.0. The van der Waals surface area contributed by atoms with E-state index in [1.54, 1.807) is 11.0 Å². The van der Waals surface area contributed by atoms with E-state index in [0.29, 0.717) is 31.7 Å². The molecule has 148 valence electrons. The summed E-state index contributed by atoms with van der Waals surface area (Å²) in [7, 11) is 0. The van der Waals surface area contributed by atoms with E-state index in [4.69, 9.17) is 0 Å². The summed E-state index contributed by atoms with van der Waals surface area (Å²) in [5, 5.41) is 8.62. The Labute approximate surface area is 161 Å². The largest absolute Gasteiger partial charge is 0.416 e. The van der Waals surface area contributed by atoms with Crippen LogP contribution in [0, 0.1) is 0 Å². The number of rotatable bonds is 3. The number of aryl methyl sites for hydroxylation is 2. The van der Waals surface area contributed by atoms with E-state index in [9.17, 15) is 18.0 Å². The molecule has 4 rings (SSSR count). The van der Waals surface area contributed by atoms with E-state index in [2.05, 4.69) is 21.2 Å². The van der Waals surface area contributed by atoms with Crippen LogP contribution in [0.1, 0.15) is 28.8 Å². The Balaban J connectivity index is 1.35. The highest BCUT2D eigenvalue weighted by Gasteiger charge is 2.31. The van der Waals surface area contributed by atoms with Gasteiger partial charge in [-0.05, 0) is 42.5 Å². The van der Waals surface area contributed by atoms with Gasteiger partial charge in [0.25, 0.3) is 0 Å². The van der Waals surface area contributed by atoms with E-state index >= 15 is 0 Å². The number of halogens is 3. The highest BCUT2D eigenvalue weighted by Crippen LogP contribution is 2.29. The van der Waals surface area contributed by atoms with Crippen LogP contribution in [-0.2, 0) is 30.2 Å². The number of hydrogen-bond donors (Lipinski definition) is 0. The molecule has 0 saturated carbocycles. The maximum absolute atomic E-state index is 12.8. The van der Waals surface area contributed by atoms with Crippen LogP contribution in [0.5, 0.6) is 0 Å². The third-order valence-electron chi connectivity index (χ3n) is 5.37. The van der Waals surface area contributed by atoms with E-state index < -0.39 is 11.7 Å². The number of anilines is 1. The van der Waals surface area contributed by atoms with Crippen molar-refractivity contribution in [1.82, 2.24) is 15.1 Å². The average Bonchev–Trinajstić information content (AvgIpc) is 3.15. The monoisotopic (exact) mass is 390 g/mol. The molecule has 1 fully saturated rings. The smallest absolute Gasteiger partial charge is 0.352 e. The number of fused-ring (bicyclic) bond motifs is 1. The predicted octanol–water partition coefficient (Wildman–Crippen LogP) is 2.88. The first kappa shape index (κ1) is 18.7. The molecule has 0 N–H and O–H groups in total. The maximum atomic E-state index is 12.8. The van der Waals surface area contributed by atoms with Gasteiger partial charge in [-0.25, -0.2) is 0 Å². The van der Waals surface area contributed by atoms with E-state index in [1.807, 2.05) is 0 Å². The zero-order valence-electron chi connectivity index (χ0n) is 15.4. The highest BCUT2D eigenvalue weighted by atomic mass is 19.4. The van der Waals surface area contributed by atoms with Crippen LogP contribution >= 0.6 is 0 Å². The first-order chi connectivity index (χ1) is 13.4. The maximum Gasteiger partial charge on any atom is 0.416 e. The molecule has 1 aliphatic heterocycles. The lowest BCUT2D eigenvalue weighted by Gasteiger charge is -2.35. The van der Waals surface area contributed by atoms with Crippen molar-refractivity contribution in [2.24, 2.45) is 0 Å². The molecule has 1 aromatic heterocycles. The Morgan fingerprint density at radius 2 is 1.82 bits per heavy atom. The van der Waals surface area contributed by atoms with Gasteiger partial charge in [-0.1, -0.05) is 18.2 Å². The van der Waals surface area contributed by atoms with Crippen LogP contribution in [0.2, 0.25) is 0 Å². The Morgan fingerprint density at radius 3 is 2.57 bits per heavy atom. The van der Waals surface area contributed by atoms with Crippen LogP contribution in [0.15, 0.2) is 30.3 Å². The summed E-state index contributed by atoms with van der Waals surface area (Å²) in [4.78, 5) is 16.3. The SMILES string of the molecule is O=C(Cc1cccc(C(F)(F)F)c1)N1CCN(c2cc3c(nn2)CCC3)CC1. The van der Waals surface area contributed by atoms with Gasteiger partial charge in [0, 0.05) is 26.2 Å². The molecular weight excluding hydrogens is 369 g/mol. The van der Waals surface area contributed by atoms with Gasteiger partial charge in [-0.2, -0.15) is 18.3 Å². The summed E-state index contributed by atoms with van der Waals surface area (Å²) >= 11 is 0. The van der Waals surface area contributed by atoms with E-state index in [-0.39, 0.29) is 12.3 Å². The van der Waals surface area contributed by atoms with Gasteiger partial charge < -0.3 is 9.80 Å². The van der Waals surface area contributed by atoms with Crippen molar-refractivity contribution in [2.75, 3.05) is 31.1 Å². The van der Waals surface area contributed by atoms with Crippen LogP contribution in [0.3, 0.4) is 0 Å². The van der Waals surface area contributed by atoms with Gasteiger partial charge in [0.05, 0.1) is 17.7 Å². The first-order valence-electron chi connectivity index (χ1n) is 9.44. The molecule has 8 heteroatoms. The molecule has 28 heavy (non-hydrogen) atoms. The number of piperazine rings is 1. The molecule has 0 spiro atoms. The van der Waals surface area contributed by atoms with Gasteiger partial charge in [0.1, 0.15) is 0 Å². The molecule has 0 radical (unpaired) electrons. The minimum Gasteiger partial charge on any atom is -0.352 e. The van der Waals surface area contributed by atoms with E-state index in [0.717, 1.165) is 42.9 Å². The summed E-state index contributed by atoms with van der Waals surface area (Å²) in [5.74, 6) is 0.685. The van der Waals surface area contributed by atoms with Gasteiger partial charge in [0.2, 0.25) is 5.91 Å². The van der Waals surface area contributed by atoms with Crippen molar-refractivity contribution in [3.05, 3.63) is 52.7 Å². The number of alkyl halides is 3. The molecule has 2 heterocycles. The van der Waals surface area contributed by atoms with Crippen molar-refractivity contribution in [1.29, 1.82) is 0 Å². The van der Waals surface area contributed by atoms with Crippen molar-refractivity contribution >= 4 is 11.7 Å². The third-order valence-corrected chi connectivity index (χ3v) is 5.37. The quantitative estimate of drug-likeness (QED) is 0.809. The number of hydrogen-bond acceptors (Lipinski definition) is 4. The summed E-state index contributed by atoms with van der Waals surface area (Å²) in [5.41, 5.74) is 2.00. The lowest BCUT2D eigenvalue weighted by Crippen LogP contribution is -2.49. The number of nitrogens with zero attached hydrogens (tertiary/aromatic N) is 4. The zero-order valence-corrected chi connectivity index (χ0v) is 15.4. The molecule has 1 aliphatic carbocycles. The minimum atomic E-state index is -4.40. The van der Waals surface area contributed by atoms with Crippen molar-refractivity contribution in [3.8, 4) is 0 Å². The predicted molar refractivity (Wildman–Crippen MR) is 98.0 cm³/mol. The second-order valence-corrected chi connectivity index (χ2v) is 7.27. The van der Waals surface area contributed by atoms with Gasteiger partial charge in [0.15, 0.2) is 5.82 Å². The molecule has 1 amide bonds. The standard InChI is InChI=1S/C20H21F3N4O/c21-20(22,23)16-5-1-3-14(11-16)12-19(28)27-9-7-26(8-10-27)18-13-15-4-2-6-17(15)24-25-18/h1,3,5,11,13H,2,4,6-10,12H2. The topological polar surface area (TPSA) is 49.3 Å². The van der Waals surface area contributed by atoms with Crippen molar-refractivity contribution in [3.63, 3.8) is 0 Å². The first-order valence-corrected chi connectivity index (χ1v) is 9.44. The van der Waals surface area contributed by atoms with Crippen molar-refractivity contribution in [2.45, 2.75) is 31.9 Å². The summed E-state index contributed by atoms with van der Waals surface area (Å²) < 4.78 is 38.5. The Bertz CT molecular complexity index is 876. The molecule has 0 bridgehead atoms. The second-order valence-electron chi connectivity index (χ2n) is 7.27. The molecule has 0 unspecified atom stereocenters. The lowest BCUT2D eigenvalue weighted by atomic mass is 10.1. The fourth-order valence-corrected chi connectivity index (χ4v) is 3.80. The molecule has 2 aromatic rings. The summed E-state index contributed by atoms with van der Waals surface area (Å²) in [6.45, 7) is 2.33. The molecule has 0 atom stereocenters. The van der Waals surface area contributed by atoms with Crippen LogP contribution in [0.25, 0.3) is 0 Å². The Hall–Kier alpha value is -2.64. The van der Waals surface area contributed by atoms with Gasteiger partial charge in [-0.3, -0.25) is 4.79 Å². The van der Waals surface area contributed by atoms with Gasteiger partial charge in [-0.15, -0.1) is 5.10 Å². The Morgan fingerprint density at radius 1 is 1.04 bits per heavy atom. The summed E-state index contributed by atoms with van der Waals surface area (Å²) in [6, 6.07) is 7.06. The van der Waals surface area contributed by atoms with E-state index in [1.165, 1.54) is 11.6 Å². The van der Waals surface area contributed by atoms with Crippen molar-refractivity contribution < 1.29 is 18.0 Å². The molecule has 1 saturated heterocycles. The minimum absolute atomic E-state index is 0.0252. The summed E-state index contributed by atoms with van der Waals surface area (Å²) in [6.07, 6.45) is -1.29. The zero-order chi connectivity index (χ0) is 19.7. The van der Waals surface area contributed by atoms with Crippen LogP contribution in [0.4, 0.5) is 19.0 Å². The third kappa shape index (κ3) is 3.95. The number of aromatic nitrogens is 2. The molecule has 1 aromatic carbocycles. The lowest BCUT2D eigenvalue weighted by molar-refractivity contribution is -0.138. The highest BCUT2D eigenvalue weighted by molar-refractivity contribution is 5.79. The fraction of sp³-hybridized carbons (Fsp3) is 0.450. The average molecular weight is 390 g/mol. The molecule has 5 nitrogen and oxygen atoms in total. The molecular formula is C20H21F3N4O. The number of benzene rings is 1. The second kappa shape index (κ2) is 7.41. The molecule has 2 aliphatic rings. The van der Waals surface area contributed by atoms with Gasteiger partial charge >= 0.3 is 6.18 Å². The van der Waals surface area contributed by atoms with Crippen LogP contribution in [-0.4, -0.2) is 47.2 Å². The van der Waals surface area contributed by atoms with Crippen LogP contribution < -0.4 is 4.90 Å². The fourth-order valence-electron chi connectivity index (χ4n) is 3.80. The Kier molecular flexibility index (Phi) is 4.95. The number of carbonyl (C=O) groups is 1.